The van der Waals surface area contributed by atoms with Crippen LogP contribution in [-0.4, -0.2) is 47.7 Å². The molecule has 0 saturated heterocycles. The van der Waals surface area contributed by atoms with Crippen LogP contribution in [0.3, 0.4) is 0 Å². The Morgan fingerprint density at radius 2 is 1.90 bits per heavy atom. The van der Waals surface area contributed by atoms with Gasteiger partial charge in [-0.2, -0.15) is 0 Å². The largest absolute Gasteiger partial charge is 0.497 e. The number of esters is 1. The molecule has 0 spiro atoms. The van der Waals surface area contributed by atoms with E-state index in [4.69, 9.17) is 9.47 Å². The topological polar surface area (TPSA) is 84.9 Å². The molecule has 2 aromatic carbocycles. The second kappa shape index (κ2) is 9.01. The first-order valence-corrected chi connectivity index (χ1v) is 11.0. The second-order valence-electron chi connectivity index (χ2n) is 7.64. The number of hydrogen-bond acceptors (Lipinski definition) is 6. The van der Waals surface area contributed by atoms with Gasteiger partial charge < -0.3 is 19.7 Å². The Balaban J connectivity index is 1.37. The molecular weight excluding hydrogens is 416 g/mol. The molecule has 0 aromatic heterocycles. The van der Waals surface area contributed by atoms with Gasteiger partial charge in [0.2, 0.25) is 5.91 Å². The lowest BCUT2D eigenvalue weighted by molar-refractivity contribution is -0.135. The van der Waals surface area contributed by atoms with Gasteiger partial charge in [0.25, 0.3) is 5.91 Å². The summed E-state index contributed by atoms with van der Waals surface area (Å²) in [5.41, 5.74) is 1.88. The van der Waals surface area contributed by atoms with E-state index in [-0.39, 0.29) is 29.7 Å². The van der Waals surface area contributed by atoms with Gasteiger partial charge in [-0.15, -0.1) is 11.8 Å². The van der Waals surface area contributed by atoms with E-state index in [1.165, 1.54) is 11.8 Å². The number of carbonyl (C=O) groups excluding carboxylic acids is 3. The summed E-state index contributed by atoms with van der Waals surface area (Å²) < 4.78 is 10.5. The number of ether oxygens (including phenoxy) is 2. The average Bonchev–Trinajstić information content (AvgIpc) is 3.61. The highest BCUT2D eigenvalue weighted by Gasteiger charge is 2.33. The highest BCUT2D eigenvalue weighted by molar-refractivity contribution is 8.00. The van der Waals surface area contributed by atoms with Crippen molar-refractivity contribution in [1.29, 1.82) is 0 Å². The second-order valence-corrected chi connectivity index (χ2v) is 9.02. The van der Waals surface area contributed by atoms with E-state index in [1.807, 2.05) is 31.2 Å². The van der Waals surface area contributed by atoms with Crippen molar-refractivity contribution >= 4 is 35.2 Å². The number of nitrogens with one attached hydrogen (secondary N) is 1. The molecule has 1 N–H and O–H groups in total. The Bertz CT molecular complexity index is 1000. The van der Waals surface area contributed by atoms with E-state index in [2.05, 4.69) is 5.32 Å². The van der Waals surface area contributed by atoms with Gasteiger partial charge in [0.1, 0.15) is 5.75 Å². The average molecular weight is 441 g/mol. The Kier molecular flexibility index (Phi) is 6.18. The summed E-state index contributed by atoms with van der Waals surface area (Å²) in [6, 6.07) is 12.8. The predicted octanol–water partition coefficient (Wildman–Crippen LogP) is 3.48. The minimum absolute atomic E-state index is 0.100. The predicted molar refractivity (Wildman–Crippen MR) is 117 cm³/mol. The Morgan fingerprint density at radius 3 is 2.58 bits per heavy atom. The van der Waals surface area contributed by atoms with E-state index in [0.717, 1.165) is 29.1 Å². The van der Waals surface area contributed by atoms with Crippen molar-refractivity contribution in [2.75, 3.05) is 19.0 Å². The number of thioether (sulfide) groups is 1. The Hall–Kier alpha value is -3.00. The third-order valence-electron chi connectivity index (χ3n) is 5.29. The summed E-state index contributed by atoms with van der Waals surface area (Å²) in [5.74, 6) is -0.149. The van der Waals surface area contributed by atoms with Crippen molar-refractivity contribution in [3.63, 3.8) is 0 Å². The zero-order valence-corrected chi connectivity index (χ0v) is 18.2. The quantitative estimate of drug-likeness (QED) is 0.664. The first kappa shape index (κ1) is 21.2. The van der Waals surface area contributed by atoms with Crippen LogP contribution in [0.5, 0.6) is 5.75 Å². The molecule has 2 aliphatic rings. The molecule has 31 heavy (non-hydrogen) atoms. The third kappa shape index (κ3) is 5.02. The maximum atomic E-state index is 12.8. The number of amides is 2. The molecule has 1 unspecified atom stereocenters. The van der Waals surface area contributed by atoms with Crippen LogP contribution in [0.15, 0.2) is 47.4 Å². The van der Waals surface area contributed by atoms with E-state index in [1.54, 1.807) is 30.2 Å². The number of rotatable bonds is 7. The summed E-state index contributed by atoms with van der Waals surface area (Å²) in [6.45, 7) is 1.97. The molecule has 0 radical (unpaired) electrons. The lowest BCUT2D eigenvalue weighted by atomic mass is 10.2. The van der Waals surface area contributed by atoms with Crippen molar-refractivity contribution in [3.8, 4) is 5.75 Å². The summed E-state index contributed by atoms with van der Waals surface area (Å²) in [7, 11) is 1.61. The van der Waals surface area contributed by atoms with Crippen LogP contribution in [-0.2, 0) is 20.9 Å². The lowest BCUT2D eigenvalue weighted by Gasteiger charge is -2.23. The first-order chi connectivity index (χ1) is 14.9. The van der Waals surface area contributed by atoms with Gasteiger partial charge in [-0.3, -0.25) is 9.59 Å². The normalized spacial score (nSPS) is 17.4. The number of anilines is 1. The fraction of sp³-hybridized carbons (Fsp3) is 0.348. The van der Waals surface area contributed by atoms with Crippen LogP contribution < -0.4 is 10.1 Å². The molecule has 1 saturated carbocycles. The molecule has 4 rings (SSSR count). The molecule has 0 bridgehead atoms. The SMILES string of the molecule is COc1ccc(CN(C(=O)COC(=O)c2ccc3c(c2)NC(=O)C(C)S3)C2CC2)cc1. The van der Waals surface area contributed by atoms with Crippen molar-refractivity contribution in [1.82, 2.24) is 4.90 Å². The molecular formula is C23H24N2O5S. The van der Waals surface area contributed by atoms with Crippen LogP contribution in [0.4, 0.5) is 5.69 Å². The van der Waals surface area contributed by atoms with Gasteiger partial charge in [0.15, 0.2) is 6.61 Å². The van der Waals surface area contributed by atoms with E-state index in [9.17, 15) is 14.4 Å². The molecule has 162 valence electrons. The maximum Gasteiger partial charge on any atom is 0.338 e. The van der Waals surface area contributed by atoms with Gasteiger partial charge >= 0.3 is 5.97 Å². The van der Waals surface area contributed by atoms with Crippen molar-refractivity contribution in [3.05, 3.63) is 53.6 Å². The number of hydrogen-bond donors (Lipinski definition) is 1. The van der Waals surface area contributed by atoms with Gasteiger partial charge in [-0.25, -0.2) is 4.79 Å². The first-order valence-electron chi connectivity index (χ1n) is 10.2. The number of fused-ring (bicyclic) bond motifs is 1. The van der Waals surface area contributed by atoms with E-state index >= 15 is 0 Å². The smallest absolute Gasteiger partial charge is 0.338 e. The molecule has 7 nitrogen and oxygen atoms in total. The molecule has 1 atom stereocenters. The van der Waals surface area contributed by atoms with Crippen molar-refractivity contribution in [2.24, 2.45) is 0 Å². The van der Waals surface area contributed by atoms with Crippen LogP contribution in [0.2, 0.25) is 0 Å². The number of methoxy groups -OCH3 is 1. The van der Waals surface area contributed by atoms with E-state index in [0.29, 0.717) is 17.8 Å². The third-order valence-corrected chi connectivity index (χ3v) is 6.47. The summed E-state index contributed by atoms with van der Waals surface area (Å²) >= 11 is 1.44. The molecule has 8 heteroatoms. The van der Waals surface area contributed by atoms with Gasteiger partial charge in [-0.1, -0.05) is 12.1 Å². The Morgan fingerprint density at radius 1 is 1.16 bits per heavy atom. The molecule has 2 amide bonds. The fourth-order valence-electron chi connectivity index (χ4n) is 3.36. The van der Waals surface area contributed by atoms with Crippen molar-refractivity contribution < 1.29 is 23.9 Å². The summed E-state index contributed by atoms with van der Waals surface area (Å²) in [4.78, 5) is 39.8. The molecule has 2 aromatic rings. The Labute approximate surface area is 185 Å². The zero-order valence-electron chi connectivity index (χ0n) is 17.4. The van der Waals surface area contributed by atoms with Crippen LogP contribution in [0, 0.1) is 0 Å². The lowest BCUT2D eigenvalue weighted by Crippen LogP contribution is -2.36. The minimum Gasteiger partial charge on any atom is -0.497 e. The minimum atomic E-state index is -0.589. The van der Waals surface area contributed by atoms with Crippen LogP contribution in [0.1, 0.15) is 35.7 Å². The molecule has 1 aliphatic carbocycles. The fourth-order valence-corrected chi connectivity index (χ4v) is 4.29. The monoisotopic (exact) mass is 440 g/mol. The highest BCUT2D eigenvalue weighted by atomic mass is 32.2. The summed E-state index contributed by atoms with van der Waals surface area (Å²) in [5, 5.41) is 2.62. The van der Waals surface area contributed by atoms with Gasteiger partial charge in [0, 0.05) is 17.5 Å². The number of carbonyl (C=O) groups is 3. The molecule has 1 fully saturated rings. The van der Waals surface area contributed by atoms with E-state index < -0.39 is 5.97 Å². The van der Waals surface area contributed by atoms with Crippen LogP contribution in [0.25, 0.3) is 0 Å². The highest BCUT2D eigenvalue weighted by Crippen LogP contribution is 2.36. The van der Waals surface area contributed by atoms with Crippen molar-refractivity contribution in [2.45, 2.75) is 42.5 Å². The number of nitrogens with zero attached hydrogens (tertiary/aromatic N) is 1. The summed E-state index contributed by atoms with van der Waals surface area (Å²) in [6.07, 6.45) is 1.91. The van der Waals surface area contributed by atoms with Crippen LogP contribution >= 0.6 is 11.8 Å². The molecule has 1 aliphatic heterocycles. The van der Waals surface area contributed by atoms with Gasteiger partial charge in [0.05, 0.1) is 23.6 Å². The number of benzene rings is 2. The standard InChI is InChI=1S/C23H24N2O5S/c1-14-22(27)24-19-11-16(5-10-20(19)31-14)23(28)30-13-21(26)25(17-6-7-17)12-15-3-8-18(29-2)9-4-15/h3-5,8-11,14,17H,6-7,12-13H2,1-2H3,(H,24,27). The van der Waals surface area contributed by atoms with Gasteiger partial charge in [-0.05, 0) is 55.7 Å². The molecule has 1 heterocycles. The maximum absolute atomic E-state index is 12.8. The zero-order chi connectivity index (χ0) is 22.0.